The van der Waals surface area contributed by atoms with E-state index in [0.717, 1.165) is 24.6 Å². The van der Waals surface area contributed by atoms with E-state index in [-0.39, 0.29) is 57.0 Å². The number of rotatable bonds is 18. The summed E-state index contributed by atoms with van der Waals surface area (Å²) in [6, 6.07) is 21.1. The number of sulfonamides is 2. The second-order valence-electron chi connectivity index (χ2n) is 10.2. The van der Waals surface area contributed by atoms with Crippen LogP contribution in [0.1, 0.15) is 20.7 Å². The summed E-state index contributed by atoms with van der Waals surface area (Å²) in [5, 5.41) is 4.50. The predicted octanol–water partition coefficient (Wildman–Crippen LogP) is 3.66. The molecular weight excluding hydrogens is 681 g/mol. The van der Waals surface area contributed by atoms with Crippen LogP contribution >= 0.6 is 0 Å². The summed E-state index contributed by atoms with van der Waals surface area (Å²) in [5.41, 5.74) is -0.775. The maximum absolute atomic E-state index is 13.4. The van der Waals surface area contributed by atoms with Gasteiger partial charge in [-0.3, -0.25) is 28.6 Å². The Balaban J connectivity index is 1.95. The van der Waals surface area contributed by atoms with Crippen LogP contribution in [0, 0.1) is 0 Å². The fourth-order valence-corrected chi connectivity index (χ4v) is 5.38. The van der Waals surface area contributed by atoms with Gasteiger partial charge in [0, 0.05) is 12.1 Å². The molecule has 4 rings (SSSR count). The van der Waals surface area contributed by atoms with Crippen molar-refractivity contribution >= 4 is 55.8 Å². The SMILES string of the molecule is CS(=O)(=O)Nc1cc(Oc2cc(NS(C)(=O)=O)c(Oc3ccccc3)cc2C(=O)CNC=O)c(C(=O)CNC=O)cc1Oc1ccccc1. The maximum atomic E-state index is 13.4. The highest BCUT2D eigenvalue weighted by molar-refractivity contribution is 7.92. The summed E-state index contributed by atoms with van der Waals surface area (Å²) >= 11 is 0. The molecule has 0 saturated heterocycles. The molecule has 49 heavy (non-hydrogen) atoms. The van der Waals surface area contributed by atoms with E-state index < -0.39 is 44.7 Å². The van der Waals surface area contributed by atoms with Crippen molar-refractivity contribution in [3.8, 4) is 34.5 Å². The summed E-state index contributed by atoms with van der Waals surface area (Å²) in [6.45, 7) is -1.02. The van der Waals surface area contributed by atoms with E-state index in [4.69, 9.17) is 14.2 Å². The summed E-state index contributed by atoms with van der Waals surface area (Å²) in [4.78, 5) is 48.8. The Hall–Kier alpha value is -5.94. The van der Waals surface area contributed by atoms with Crippen LogP contribution in [0.4, 0.5) is 11.4 Å². The Bertz CT molecular complexity index is 1930. The molecule has 2 amide bonds. The summed E-state index contributed by atoms with van der Waals surface area (Å²) in [6.07, 6.45) is 2.37. The molecule has 0 fully saturated rings. The molecule has 0 aromatic heterocycles. The van der Waals surface area contributed by atoms with E-state index in [1.807, 2.05) is 0 Å². The molecule has 0 aliphatic carbocycles. The number of hydrogen-bond acceptors (Lipinski definition) is 11. The number of carbonyl (C=O) groups excluding carboxylic acids is 4. The zero-order chi connectivity index (χ0) is 35.6. The molecular formula is C32H30N4O11S2. The van der Waals surface area contributed by atoms with Crippen molar-refractivity contribution in [1.82, 2.24) is 10.6 Å². The van der Waals surface area contributed by atoms with Crippen molar-refractivity contribution < 1.29 is 50.2 Å². The zero-order valence-corrected chi connectivity index (χ0v) is 27.6. The van der Waals surface area contributed by atoms with Crippen molar-refractivity contribution in [3.05, 3.63) is 96.1 Å². The van der Waals surface area contributed by atoms with Crippen molar-refractivity contribution in [3.63, 3.8) is 0 Å². The predicted molar refractivity (Wildman–Crippen MR) is 180 cm³/mol. The summed E-state index contributed by atoms with van der Waals surface area (Å²) in [5.74, 6) is -1.70. The molecule has 0 saturated carbocycles. The molecule has 0 heterocycles. The lowest BCUT2D eigenvalue weighted by Gasteiger charge is -2.20. The van der Waals surface area contributed by atoms with Crippen LogP contribution < -0.4 is 34.3 Å². The summed E-state index contributed by atoms with van der Waals surface area (Å²) < 4.78 is 72.0. The lowest BCUT2D eigenvalue weighted by atomic mass is 10.1. The third-order valence-electron chi connectivity index (χ3n) is 6.21. The number of hydrogen-bond donors (Lipinski definition) is 4. The number of ketones is 2. The Kier molecular flexibility index (Phi) is 11.6. The fourth-order valence-electron chi connectivity index (χ4n) is 4.26. The Morgan fingerprint density at radius 2 is 0.939 bits per heavy atom. The minimum atomic E-state index is -3.94. The normalized spacial score (nSPS) is 11.1. The van der Waals surface area contributed by atoms with Gasteiger partial charge in [0.25, 0.3) is 0 Å². The van der Waals surface area contributed by atoms with Crippen LogP contribution in [0.3, 0.4) is 0 Å². The van der Waals surface area contributed by atoms with Gasteiger partial charge < -0.3 is 24.8 Å². The van der Waals surface area contributed by atoms with Gasteiger partial charge in [0.1, 0.15) is 23.0 Å². The molecule has 17 heteroatoms. The molecule has 0 unspecified atom stereocenters. The number of ether oxygens (including phenoxy) is 3. The average Bonchev–Trinajstić information content (AvgIpc) is 3.04. The molecule has 0 spiro atoms. The second-order valence-corrected chi connectivity index (χ2v) is 13.7. The first kappa shape index (κ1) is 35.9. The van der Waals surface area contributed by atoms with Gasteiger partial charge in [-0.15, -0.1) is 0 Å². The van der Waals surface area contributed by atoms with Gasteiger partial charge >= 0.3 is 0 Å². The molecule has 0 radical (unpaired) electrons. The third kappa shape index (κ3) is 10.5. The standard InChI is InChI=1S/C32H30N4O11S2/c1-48(41,42)35-25-15-29(23(27(39)17-33-19-37)13-31(25)45-21-9-5-3-6-10-21)47-30-16-26(36-49(2,43)44)32(46-22-11-7-4-8-12-22)14-24(30)28(40)18-34-20-38/h3-16,19-20,35-36H,17-18H2,1-2H3,(H,33,37)(H,34,38). The van der Waals surface area contributed by atoms with E-state index >= 15 is 0 Å². The largest absolute Gasteiger partial charge is 0.456 e. The minimum Gasteiger partial charge on any atom is -0.456 e. The molecule has 0 bridgehead atoms. The number of amides is 2. The van der Waals surface area contributed by atoms with Crippen LogP contribution in [0.15, 0.2) is 84.9 Å². The first-order valence-electron chi connectivity index (χ1n) is 14.1. The highest BCUT2D eigenvalue weighted by atomic mass is 32.2. The van der Waals surface area contributed by atoms with E-state index in [9.17, 15) is 36.0 Å². The molecule has 0 aliphatic rings. The average molecular weight is 711 g/mol. The molecule has 4 aromatic rings. The van der Waals surface area contributed by atoms with Gasteiger partial charge in [0.2, 0.25) is 32.9 Å². The Labute approximate surface area is 281 Å². The monoisotopic (exact) mass is 710 g/mol. The third-order valence-corrected chi connectivity index (χ3v) is 7.39. The van der Waals surface area contributed by atoms with Crippen LogP contribution in [0.25, 0.3) is 0 Å². The van der Waals surface area contributed by atoms with Crippen molar-refractivity contribution in [2.24, 2.45) is 0 Å². The lowest BCUT2D eigenvalue weighted by Crippen LogP contribution is -2.23. The number of para-hydroxylation sites is 2. The van der Waals surface area contributed by atoms with Gasteiger partial charge in [-0.1, -0.05) is 36.4 Å². The van der Waals surface area contributed by atoms with Crippen LogP contribution in [0.5, 0.6) is 34.5 Å². The highest BCUT2D eigenvalue weighted by Crippen LogP contribution is 2.42. The summed E-state index contributed by atoms with van der Waals surface area (Å²) in [7, 11) is -7.88. The molecule has 256 valence electrons. The molecule has 15 nitrogen and oxygen atoms in total. The number of anilines is 2. The first-order valence-corrected chi connectivity index (χ1v) is 17.9. The number of Topliss-reactive ketones (excluding diaryl/α,β-unsaturated/α-hetero) is 2. The Morgan fingerprint density at radius 1 is 0.571 bits per heavy atom. The molecule has 4 aromatic carbocycles. The van der Waals surface area contributed by atoms with Gasteiger partial charge in [-0.25, -0.2) is 16.8 Å². The number of nitrogens with one attached hydrogen (secondary N) is 4. The van der Waals surface area contributed by atoms with Crippen molar-refractivity contribution in [2.45, 2.75) is 0 Å². The van der Waals surface area contributed by atoms with Crippen molar-refractivity contribution in [1.29, 1.82) is 0 Å². The van der Waals surface area contributed by atoms with Gasteiger partial charge in [-0.2, -0.15) is 0 Å². The minimum absolute atomic E-state index is 0.115. The molecule has 0 atom stereocenters. The fraction of sp³-hybridized carbons (Fsp3) is 0.125. The van der Waals surface area contributed by atoms with E-state index in [1.54, 1.807) is 60.7 Å². The quantitative estimate of drug-likeness (QED) is 0.0864. The van der Waals surface area contributed by atoms with Gasteiger partial charge in [-0.05, 0) is 36.4 Å². The van der Waals surface area contributed by atoms with E-state index in [2.05, 4.69) is 20.1 Å². The molecule has 0 aliphatic heterocycles. The molecule has 4 N–H and O–H groups in total. The topological polar surface area (TPSA) is 212 Å². The smallest absolute Gasteiger partial charge is 0.229 e. The van der Waals surface area contributed by atoms with Crippen molar-refractivity contribution in [2.75, 3.05) is 35.0 Å². The van der Waals surface area contributed by atoms with Crippen LogP contribution in [-0.2, 0) is 29.6 Å². The van der Waals surface area contributed by atoms with Crippen LogP contribution in [0.2, 0.25) is 0 Å². The highest BCUT2D eigenvalue weighted by Gasteiger charge is 2.25. The first-order chi connectivity index (χ1) is 23.3. The van der Waals surface area contributed by atoms with Gasteiger partial charge in [0.05, 0.1) is 48.1 Å². The van der Waals surface area contributed by atoms with Crippen LogP contribution in [-0.4, -0.2) is 66.8 Å². The number of benzene rings is 4. The van der Waals surface area contributed by atoms with Gasteiger partial charge in [0.15, 0.2) is 23.1 Å². The second kappa shape index (κ2) is 15.8. The Morgan fingerprint density at radius 3 is 1.27 bits per heavy atom. The maximum Gasteiger partial charge on any atom is 0.229 e. The van der Waals surface area contributed by atoms with E-state index in [0.29, 0.717) is 12.8 Å². The van der Waals surface area contributed by atoms with E-state index in [1.165, 1.54) is 12.1 Å². The lowest BCUT2D eigenvalue weighted by molar-refractivity contribution is -0.110. The number of carbonyl (C=O) groups is 4. The zero-order valence-electron chi connectivity index (χ0n) is 26.0.